The van der Waals surface area contributed by atoms with Crippen LogP contribution in [0.1, 0.15) is 37.3 Å². The van der Waals surface area contributed by atoms with E-state index in [2.05, 4.69) is 14.7 Å². The lowest BCUT2D eigenvalue weighted by atomic mass is 10.0. The Morgan fingerprint density at radius 3 is 2.50 bits per heavy atom. The van der Waals surface area contributed by atoms with E-state index in [0.29, 0.717) is 36.0 Å². The average Bonchev–Trinajstić information content (AvgIpc) is 3.62. The van der Waals surface area contributed by atoms with Crippen LogP contribution in [0, 0.1) is 0 Å². The summed E-state index contributed by atoms with van der Waals surface area (Å²) in [4.78, 5) is 45.1. The van der Waals surface area contributed by atoms with Gasteiger partial charge in [0.2, 0.25) is 5.91 Å². The van der Waals surface area contributed by atoms with E-state index in [4.69, 9.17) is 20.9 Å². The first-order valence-electron chi connectivity index (χ1n) is 13.1. The predicted molar refractivity (Wildman–Crippen MR) is 159 cm³/mol. The SMILES string of the molecule is NC(=O)c1nsc(C(=O)N(c2ccc3c(c2)OCCO3)C(C(=O)NCc2ccccc2)c2c[nH]c3ccccc23)c1N. The van der Waals surface area contributed by atoms with E-state index in [1.54, 1.807) is 24.4 Å². The maximum absolute atomic E-state index is 14.4. The van der Waals surface area contributed by atoms with Gasteiger partial charge < -0.3 is 31.2 Å². The number of rotatable bonds is 8. The van der Waals surface area contributed by atoms with Gasteiger partial charge in [0.05, 0.1) is 5.69 Å². The number of aromatic amines is 1. The lowest BCUT2D eigenvalue weighted by Crippen LogP contribution is -2.44. The number of nitrogen functional groups attached to an aromatic ring is 1. The number of hydrogen-bond donors (Lipinski definition) is 4. The fourth-order valence-corrected chi connectivity index (χ4v) is 5.65. The van der Waals surface area contributed by atoms with Gasteiger partial charge in [0.25, 0.3) is 11.8 Å². The lowest BCUT2D eigenvalue weighted by Gasteiger charge is -2.32. The lowest BCUT2D eigenvalue weighted by molar-refractivity contribution is -0.122. The van der Waals surface area contributed by atoms with Gasteiger partial charge in [-0.25, -0.2) is 0 Å². The van der Waals surface area contributed by atoms with Gasteiger partial charge in [0.15, 0.2) is 17.2 Å². The molecule has 42 heavy (non-hydrogen) atoms. The van der Waals surface area contributed by atoms with Crippen molar-refractivity contribution in [1.29, 1.82) is 0 Å². The fourth-order valence-electron chi connectivity index (χ4n) is 4.90. The standard InChI is InChI=1S/C30H26N6O5S/c31-24-25(28(32)37)35-42-27(24)30(39)36(18-10-11-22-23(14-18)41-13-12-40-22)26(20-16-33-21-9-5-4-8-19(20)21)29(38)34-15-17-6-2-1-3-7-17/h1-11,14,16,26,33H,12-13,15,31H2,(H2,32,37)(H,34,38). The molecule has 0 saturated carbocycles. The Balaban J connectivity index is 1.51. The Hall–Kier alpha value is -5.36. The molecule has 12 heteroatoms. The third-order valence-corrected chi connectivity index (χ3v) is 7.76. The molecule has 0 spiro atoms. The highest BCUT2D eigenvalue weighted by Crippen LogP contribution is 2.40. The van der Waals surface area contributed by atoms with E-state index in [-0.39, 0.29) is 22.8 Å². The van der Waals surface area contributed by atoms with E-state index in [0.717, 1.165) is 28.0 Å². The van der Waals surface area contributed by atoms with Crippen molar-refractivity contribution in [1.82, 2.24) is 14.7 Å². The van der Waals surface area contributed by atoms with Crippen molar-refractivity contribution in [3.8, 4) is 11.5 Å². The average molecular weight is 583 g/mol. The summed E-state index contributed by atoms with van der Waals surface area (Å²) in [6.07, 6.45) is 1.71. The maximum Gasteiger partial charge on any atom is 0.273 e. The number of amides is 3. The normalized spacial score (nSPS) is 13.0. The first kappa shape index (κ1) is 26.8. The number of ether oxygens (including phenoxy) is 2. The number of nitrogens with two attached hydrogens (primary N) is 2. The number of fused-ring (bicyclic) bond motifs is 2. The number of carbonyl (C=O) groups is 3. The van der Waals surface area contributed by atoms with Crippen LogP contribution in [-0.2, 0) is 11.3 Å². The van der Waals surface area contributed by atoms with Crippen LogP contribution >= 0.6 is 11.5 Å². The quantitative estimate of drug-likeness (QED) is 0.216. The van der Waals surface area contributed by atoms with Gasteiger partial charge in [-0.2, -0.15) is 4.37 Å². The highest BCUT2D eigenvalue weighted by Gasteiger charge is 2.37. The Labute approximate surface area is 244 Å². The van der Waals surface area contributed by atoms with Crippen LogP contribution in [0.25, 0.3) is 10.9 Å². The number of anilines is 2. The van der Waals surface area contributed by atoms with Gasteiger partial charge in [0, 0.05) is 41.0 Å². The number of nitrogens with zero attached hydrogens (tertiary/aromatic N) is 2. The summed E-state index contributed by atoms with van der Waals surface area (Å²) in [6, 6.07) is 20.8. The van der Waals surface area contributed by atoms with Crippen molar-refractivity contribution in [2.75, 3.05) is 23.8 Å². The molecule has 0 radical (unpaired) electrons. The summed E-state index contributed by atoms with van der Waals surface area (Å²) in [5.41, 5.74) is 13.9. The highest BCUT2D eigenvalue weighted by molar-refractivity contribution is 7.09. The second-order valence-electron chi connectivity index (χ2n) is 9.54. The van der Waals surface area contributed by atoms with Crippen molar-refractivity contribution in [2.45, 2.75) is 12.6 Å². The van der Waals surface area contributed by atoms with Crippen molar-refractivity contribution in [2.24, 2.45) is 5.73 Å². The Morgan fingerprint density at radius 1 is 1.00 bits per heavy atom. The smallest absolute Gasteiger partial charge is 0.273 e. The summed E-state index contributed by atoms with van der Waals surface area (Å²) in [7, 11) is 0. The Kier molecular flexibility index (Phi) is 7.19. The zero-order valence-electron chi connectivity index (χ0n) is 22.2. The van der Waals surface area contributed by atoms with E-state index < -0.39 is 23.8 Å². The number of benzene rings is 3. The summed E-state index contributed by atoms with van der Waals surface area (Å²) < 4.78 is 15.5. The van der Waals surface area contributed by atoms with Crippen LogP contribution in [0.2, 0.25) is 0 Å². The van der Waals surface area contributed by atoms with Gasteiger partial charge in [-0.1, -0.05) is 48.5 Å². The van der Waals surface area contributed by atoms with Gasteiger partial charge in [-0.15, -0.1) is 0 Å². The van der Waals surface area contributed by atoms with Gasteiger partial charge >= 0.3 is 0 Å². The van der Waals surface area contributed by atoms with Crippen LogP contribution in [-0.4, -0.2) is 40.3 Å². The molecule has 2 aromatic heterocycles. The first-order chi connectivity index (χ1) is 20.4. The molecule has 0 aliphatic carbocycles. The van der Waals surface area contributed by atoms with Crippen molar-refractivity contribution in [3.05, 3.63) is 101 Å². The van der Waals surface area contributed by atoms with E-state index in [1.807, 2.05) is 54.6 Å². The zero-order valence-corrected chi connectivity index (χ0v) is 23.0. The molecule has 1 atom stereocenters. The molecular weight excluding hydrogens is 556 g/mol. The van der Waals surface area contributed by atoms with Crippen LogP contribution in [0.4, 0.5) is 11.4 Å². The summed E-state index contributed by atoms with van der Waals surface area (Å²) in [5, 5.41) is 3.74. The molecule has 3 heterocycles. The van der Waals surface area contributed by atoms with Crippen molar-refractivity contribution in [3.63, 3.8) is 0 Å². The molecule has 0 fully saturated rings. The third kappa shape index (κ3) is 4.99. The Morgan fingerprint density at radius 2 is 1.74 bits per heavy atom. The van der Waals surface area contributed by atoms with E-state index >= 15 is 0 Å². The van der Waals surface area contributed by atoms with Crippen LogP contribution < -0.4 is 31.2 Å². The minimum atomic E-state index is -1.17. The molecule has 11 nitrogen and oxygen atoms in total. The second kappa shape index (κ2) is 11.3. The molecule has 3 amide bonds. The van der Waals surface area contributed by atoms with Crippen LogP contribution in [0.15, 0.2) is 79.0 Å². The molecule has 3 aromatic carbocycles. The van der Waals surface area contributed by atoms with Gasteiger partial charge in [0.1, 0.15) is 24.1 Å². The molecule has 1 unspecified atom stereocenters. The van der Waals surface area contributed by atoms with Gasteiger partial charge in [-0.05, 0) is 35.3 Å². The largest absolute Gasteiger partial charge is 0.486 e. The fraction of sp³-hybridized carbons (Fsp3) is 0.133. The van der Waals surface area contributed by atoms with Gasteiger partial charge in [-0.3, -0.25) is 19.3 Å². The number of carbonyl (C=O) groups excluding carboxylic acids is 3. The minimum Gasteiger partial charge on any atom is -0.486 e. The number of para-hydroxylation sites is 1. The molecule has 6 rings (SSSR count). The molecular formula is C30H26N6O5S. The molecule has 1 aliphatic rings. The van der Waals surface area contributed by atoms with Crippen LogP contribution in [0.5, 0.6) is 11.5 Å². The van der Waals surface area contributed by atoms with Crippen molar-refractivity contribution >= 4 is 51.5 Å². The number of hydrogen-bond acceptors (Lipinski definition) is 8. The highest BCUT2D eigenvalue weighted by atomic mass is 32.1. The topological polar surface area (TPSA) is 166 Å². The monoisotopic (exact) mass is 582 g/mol. The van der Waals surface area contributed by atoms with Crippen molar-refractivity contribution < 1.29 is 23.9 Å². The first-order valence-corrected chi connectivity index (χ1v) is 13.9. The second-order valence-corrected chi connectivity index (χ2v) is 10.3. The Bertz CT molecular complexity index is 1800. The summed E-state index contributed by atoms with van der Waals surface area (Å²) in [5.74, 6) is -0.997. The summed E-state index contributed by atoms with van der Waals surface area (Å²) in [6.45, 7) is 0.954. The molecule has 0 saturated heterocycles. The molecule has 6 N–H and O–H groups in total. The van der Waals surface area contributed by atoms with E-state index in [1.165, 1.54) is 4.90 Å². The molecule has 212 valence electrons. The summed E-state index contributed by atoms with van der Waals surface area (Å²) >= 11 is 0.742. The minimum absolute atomic E-state index is 0.0283. The number of H-pyrrole nitrogens is 1. The number of aromatic nitrogens is 2. The molecule has 1 aliphatic heterocycles. The number of nitrogens with one attached hydrogen (secondary N) is 2. The van der Waals surface area contributed by atoms with E-state index in [9.17, 15) is 14.4 Å². The van der Waals surface area contributed by atoms with Crippen LogP contribution in [0.3, 0.4) is 0 Å². The zero-order chi connectivity index (χ0) is 29.2. The molecule has 0 bridgehead atoms. The predicted octanol–water partition coefficient (Wildman–Crippen LogP) is 3.78. The maximum atomic E-state index is 14.4. The third-order valence-electron chi connectivity index (χ3n) is 6.91. The molecule has 5 aromatic rings. The number of primary amides is 1.